The van der Waals surface area contributed by atoms with Crippen LogP contribution in [0.2, 0.25) is 0 Å². The van der Waals surface area contributed by atoms with Crippen LogP contribution in [0.3, 0.4) is 0 Å². The number of carbonyl (C=O) groups excluding carboxylic acids is 1. The third-order valence-electron chi connectivity index (χ3n) is 3.91. The smallest absolute Gasteiger partial charge is 0.279 e. The first kappa shape index (κ1) is 21.3. The topological polar surface area (TPSA) is 88.4 Å². The summed E-state index contributed by atoms with van der Waals surface area (Å²) in [5, 5.41) is 12.4. The zero-order valence-electron chi connectivity index (χ0n) is 16.4. The Morgan fingerprint density at radius 3 is 2.75 bits per heavy atom. The summed E-state index contributed by atoms with van der Waals surface area (Å²) in [5.41, 5.74) is 4.15. The molecule has 2 heterocycles. The Balaban J connectivity index is 0.00000136. The molecule has 0 aliphatic heterocycles. The van der Waals surface area contributed by atoms with Crippen LogP contribution >= 0.6 is 0 Å². The Labute approximate surface area is 163 Å². The second kappa shape index (κ2) is 9.82. The number of amides is 1. The highest BCUT2D eigenvalue weighted by atomic mass is 19.1. The summed E-state index contributed by atoms with van der Waals surface area (Å²) < 4.78 is 15.9. The molecule has 7 nitrogen and oxygen atoms in total. The van der Waals surface area contributed by atoms with E-state index in [0.717, 1.165) is 5.56 Å². The summed E-state index contributed by atoms with van der Waals surface area (Å²) in [4.78, 5) is 21.8. The van der Waals surface area contributed by atoms with Gasteiger partial charge in [-0.25, -0.2) is 14.9 Å². The monoisotopic (exact) mass is 388 g/mol. The van der Waals surface area contributed by atoms with Crippen LogP contribution in [-0.4, -0.2) is 33.8 Å². The molecule has 0 aliphatic rings. The maximum Gasteiger partial charge on any atom is 0.279 e. The van der Waals surface area contributed by atoms with E-state index in [2.05, 4.69) is 15.8 Å². The highest BCUT2D eigenvalue weighted by Gasteiger charge is 2.23. The first-order valence-electron chi connectivity index (χ1n) is 9.02. The molecule has 0 radical (unpaired) electrons. The van der Waals surface area contributed by atoms with E-state index in [1.54, 1.807) is 49.0 Å². The standard InChI is InChI=1S/C18H19FN4O3.C2H6/c1-11-5-6-14(13(19)10-11)21-17-15(18(25)22-26-9-8-24)12-4-3-7-20-16(12)23(17)2;1-2/h3-7,10,21,24H,8-9H2,1-2H3,(H,22,25);1-2H3. The lowest BCUT2D eigenvalue weighted by Gasteiger charge is -2.12. The number of rotatable bonds is 6. The number of pyridine rings is 1. The van der Waals surface area contributed by atoms with Gasteiger partial charge in [0.25, 0.3) is 5.91 Å². The van der Waals surface area contributed by atoms with E-state index in [1.807, 2.05) is 13.8 Å². The minimum atomic E-state index is -0.521. The lowest BCUT2D eigenvalue weighted by molar-refractivity contribution is 0.0170. The van der Waals surface area contributed by atoms with Gasteiger partial charge in [-0.05, 0) is 36.8 Å². The molecule has 1 amide bonds. The highest BCUT2D eigenvalue weighted by molar-refractivity contribution is 6.11. The number of anilines is 2. The molecule has 3 rings (SSSR count). The molecule has 1 aromatic carbocycles. The fourth-order valence-electron chi connectivity index (χ4n) is 2.70. The summed E-state index contributed by atoms with van der Waals surface area (Å²) in [7, 11) is 1.73. The third-order valence-corrected chi connectivity index (χ3v) is 3.91. The summed E-state index contributed by atoms with van der Waals surface area (Å²) >= 11 is 0. The minimum absolute atomic E-state index is 0.0376. The molecule has 8 heteroatoms. The largest absolute Gasteiger partial charge is 0.394 e. The normalized spacial score (nSPS) is 10.4. The van der Waals surface area contributed by atoms with E-state index >= 15 is 0 Å². The molecule has 3 N–H and O–H groups in total. The van der Waals surface area contributed by atoms with E-state index in [-0.39, 0.29) is 24.5 Å². The van der Waals surface area contributed by atoms with E-state index < -0.39 is 11.7 Å². The molecule has 150 valence electrons. The van der Waals surface area contributed by atoms with Gasteiger partial charge in [-0.1, -0.05) is 19.9 Å². The number of hydrogen-bond donors (Lipinski definition) is 3. The van der Waals surface area contributed by atoms with Crippen LogP contribution in [0.1, 0.15) is 29.8 Å². The predicted molar refractivity (Wildman–Crippen MR) is 107 cm³/mol. The Morgan fingerprint density at radius 2 is 2.07 bits per heavy atom. The average molecular weight is 388 g/mol. The number of hydroxylamine groups is 1. The number of aryl methyl sites for hydroxylation is 2. The van der Waals surface area contributed by atoms with Crippen LogP contribution in [0.15, 0.2) is 36.5 Å². The molecule has 28 heavy (non-hydrogen) atoms. The molecule has 0 fully saturated rings. The first-order valence-corrected chi connectivity index (χ1v) is 9.02. The van der Waals surface area contributed by atoms with Gasteiger partial charge in [-0.3, -0.25) is 9.63 Å². The molecule has 0 bridgehead atoms. The molecule has 0 unspecified atom stereocenters. The minimum Gasteiger partial charge on any atom is -0.394 e. The van der Waals surface area contributed by atoms with Crippen molar-refractivity contribution in [1.29, 1.82) is 0 Å². The third kappa shape index (κ3) is 4.47. The van der Waals surface area contributed by atoms with Crippen LogP contribution < -0.4 is 10.8 Å². The van der Waals surface area contributed by atoms with Gasteiger partial charge < -0.3 is 15.0 Å². The molecule has 2 aromatic heterocycles. The van der Waals surface area contributed by atoms with Crippen molar-refractivity contribution in [2.75, 3.05) is 18.5 Å². The van der Waals surface area contributed by atoms with Gasteiger partial charge >= 0.3 is 0 Å². The van der Waals surface area contributed by atoms with Crippen LogP contribution in [0.5, 0.6) is 0 Å². The summed E-state index contributed by atoms with van der Waals surface area (Å²) in [6.07, 6.45) is 1.61. The number of halogens is 1. The molecule has 0 atom stereocenters. The number of aromatic nitrogens is 2. The van der Waals surface area contributed by atoms with Crippen molar-refractivity contribution in [2.45, 2.75) is 20.8 Å². The number of hydrogen-bond acceptors (Lipinski definition) is 5. The number of fused-ring (bicyclic) bond motifs is 1. The quantitative estimate of drug-likeness (QED) is 0.445. The van der Waals surface area contributed by atoms with E-state index in [9.17, 15) is 9.18 Å². The number of benzene rings is 1. The van der Waals surface area contributed by atoms with Gasteiger partial charge in [0.1, 0.15) is 17.3 Å². The molecular formula is C20H25FN4O3. The molecule has 0 aliphatic carbocycles. The van der Waals surface area contributed by atoms with Crippen molar-refractivity contribution in [3.05, 3.63) is 53.5 Å². The Bertz CT molecular complexity index is 956. The summed E-state index contributed by atoms with van der Waals surface area (Å²) in [5.74, 6) is -0.565. The Kier molecular flexibility index (Phi) is 7.48. The lowest BCUT2D eigenvalue weighted by Crippen LogP contribution is -2.25. The number of aliphatic hydroxyl groups excluding tert-OH is 1. The van der Waals surface area contributed by atoms with Crippen molar-refractivity contribution < 1.29 is 19.1 Å². The second-order valence-electron chi connectivity index (χ2n) is 5.77. The van der Waals surface area contributed by atoms with Crippen molar-refractivity contribution in [3.8, 4) is 0 Å². The van der Waals surface area contributed by atoms with Crippen molar-refractivity contribution in [3.63, 3.8) is 0 Å². The maximum atomic E-state index is 14.3. The van der Waals surface area contributed by atoms with Gasteiger partial charge in [0.2, 0.25) is 0 Å². The van der Waals surface area contributed by atoms with Gasteiger partial charge in [0.05, 0.1) is 24.5 Å². The fourth-order valence-corrected chi connectivity index (χ4v) is 2.70. The SMILES string of the molecule is CC.Cc1ccc(Nc2c(C(=O)NOCCO)c3cccnc3n2C)c(F)c1. The summed E-state index contributed by atoms with van der Waals surface area (Å²) in [6.45, 7) is 5.53. The average Bonchev–Trinajstić information content (AvgIpc) is 2.98. The maximum absolute atomic E-state index is 14.3. The molecule has 0 spiro atoms. The second-order valence-corrected chi connectivity index (χ2v) is 5.77. The van der Waals surface area contributed by atoms with Crippen LogP contribution in [0.4, 0.5) is 15.9 Å². The Hall–Kier alpha value is -2.97. The first-order chi connectivity index (χ1) is 13.5. The number of nitrogens with one attached hydrogen (secondary N) is 2. The lowest BCUT2D eigenvalue weighted by atomic mass is 10.2. The van der Waals surface area contributed by atoms with Crippen molar-refractivity contribution in [1.82, 2.24) is 15.0 Å². The van der Waals surface area contributed by atoms with Crippen LogP contribution in [0.25, 0.3) is 11.0 Å². The van der Waals surface area contributed by atoms with E-state index in [1.165, 1.54) is 6.07 Å². The van der Waals surface area contributed by atoms with Crippen LogP contribution in [0, 0.1) is 12.7 Å². The fraction of sp³-hybridized carbons (Fsp3) is 0.300. The predicted octanol–water partition coefficient (Wildman–Crippen LogP) is 3.44. The molecule has 0 saturated heterocycles. The van der Waals surface area contributed by atoms with Gasteiger partial charge in [-0.2, -0.15) is 0 Å². The summed E-state index contributed by atoms with van der Waals surface area (Å²) in [6, 6.07) is 8.26. The zero-order valence-corrected chi connectivity index (χ0v) is 16.4. The van der Waals surface area contributed by atoms with Gasteiger partial charge in [0, 0.05) is 18.6 Å². The van der Waals surface area contributed by atoms with Crippen molar-refractivity contribution >= 4 is 28.4 Å². The van der Waals surface area contributed by atoms with Gasteiger partial charge in [0.15, 0.2) is 0 Å². The van der Waals surface area contributed by atoms with Gasteiger partial charge in [-0.15, -0.1) is 0 Å². The Morgan fingerprint density at radius 1 is 1.32 bits per heavy atom. The number of nitrogens with zero attached hydrogens (tertiary/aromatic N) is 2. The van der Waals surface area contributed by atoms with E-state index in [4.69, 9.17) is 9.94 Å². The molecule has 3 aromatic rings. The molecular weight excluding hydrogens is 363 g/mol. The number of aliphatic hydroxyl groups is 1. The highest BCUT2D eigenvalue weighted by Crippen LogP contribution is 2.31. The van der Waals surface area contributed by atoms with Crippen LogP contribution in [-0.2, 0) is 11.9 Å². The zero-order chi connectivity index (χ0) is 20.7. The van der Waals surface area contributed by atoms with Crippen molar-refractivity contribution in [2.24, 2.45) is 7.05 Å². The number of carbonyl (C=O) groups is 1. The molecule has 0 saturated carbocycles. The van der Waals surface area contributed by atoms with E-state index in [0.29, 0.717) is 16.9 Å².